The number of ether oxygens (including phenoxy) is 7. The van der Waals surface area contributed by atoms with Crippen molar-refractivity contribution in [3.05, 3.63) is 22.3 Å². The summed E-state index contributed by atoms with van der Waals surface area (Å²) in [5.41, 5.74) is 0.680. The van der Waals surface area contributed by atoms with Gasteiger partial charge in [0.2, 0.25) is 0 Å². The first-order valence-electron chi connectivity index (χ1n) is 30.8. The van der Waals surface area contributed by atoms with Gasteiger partial charge >= 0.3 is 11.9 Å². The first-order valence-corrected chi connectivity index (χ1v) is 30.8. The van der Waals surface area contributed by atoms with Gasteiger partial charge in [0.1, 0.15) is 13.2 Å². The molecule has 0 unspecified atom stereocenters. The molecule has 0 bridgehead atoms. The second-order valence-electron chi connectivity index (χ2n) is 28.3. The summed E-state index contributed by atoms with van der Waals surface area (Å²) in [5.74, 6) is -0.980. The van der Waals surface area contributed by atoms with Crippen LogP contribution in [0.5, 0.6) is 0 Å². The van der Waals surface area contributed by atoms with Crippen molar-refractivity contribution in [2.24, 2.45) is 5.41 Å². The number of carbonyl (C=O) groups is 2. The molecule has 0 N–H and O–H groups in total. The Balaban J connectivity index is 0.897. The average Bonchev–Trinajstić information content (AvgIpc) is 1.36. The van der Waals surface area contributed by atoms with Crippen molar-refractivity contribution in [3.8, 4) is 0 Å². The molecule has 5 aliphatic carbocycles. The van der Waals surface area contributed by atoms with Crippen molar-refractivity contribution in [3.63, 3.8) is 0 Å². The Hall–Kier alpha value is -8.80. The van der Waals surface area contributed by atoms with Crippen LogP contribution in [0.25, 0.3) is 291 Å². The maximum Gasteiger partial charge on any atom is 0.326 e. The first-order chi connectivity index (χ1) is 41.8. The highest BCUT2D eigenvalue weighted by atomic mass is 16.6. The SMILES string of the molecule is O=C1OCCOCCOCCOCCOCCOCCOC(=O)C12C13c4c5c6c7c8c9c(c%10c%11c1c1c4c4c%12c5c5c6c6c8c8c%13c9c9c%10c%10c%11c%11c1c1c4c4c%12c%12c5c5c6c8c6c8c%13c9c9c%10c%10c%11c1c1c4c4c%12c5c6c5c8c9c%10c1c45)C723. The number of hydrogen-bond acceptors (Lipinski definition) is 9. The quantitative estimate of drug-likeness (QED) is 0.0835. The number of benzene rings is 18. The number of carbonyl (C=O) groups excluding carboxylic acids is 2. The van der Waals surface area contributed by atoms with E-state index in [4.69, 9.17) is 33.2 Å². The molecule has 1 aliphatic heterocycles. The molecule has 2 fully saturated rings. The van der Waals surface area contributed by atoms with E-state index in [-0.39, 0.29) is 26.4 Å². The van der Waals surface area contributed by atoms with E-state index >= 15 is 9.59 Å². The molecule has 0 radical (unpaired) electrons. The minimum Gasteiger partial charge on any atom is -0.462 e. The lowest BCUT2D eigenvalue weighted by atomic mass is 9.68. The van der Waals surface area contributed by atoms with Gasteiger partial charge in [0.25, 0.3) is 0 Å². The molecule has 9 heteroatoms. The average molecular weight is 1070 g/mol. The Morgan fingerprint density at radius 1 is 0.155 bits per heavy atom. The van der Waals surface area contributed by atoms with Crippen molar-refractivity contribution in [2.75, 3.05) is 79.3 Å². The van der Waals surface area contributed by atoms with Gasteiger partial charge in [-0.1, -0.05) is 0 Å². The summed E-state index contributed by atoms with van der Waals surface area (Å²) in [6, 6.07) is 0. The Morgan fingerprint density at radius 3 is 0.417 bits per heavy atom. The molecule has 0 atom stereocenters. The van der Waals surface area contributed by atoms with E-state index in [1.54, 1.807) is 10.8 Å². The highest BCUT2D eigenvalue weighted by Gasteiger charge is 3.01. The molecule has 3 spiro atoms. The lowest BCUT2D eigenvalue weighted by molar-refractivity contribution is -0.168. The minimum atomic E-state index is -1.84. The molecule has 378 valence electrons. The Morgan fingerprint density at radius 2 is 0.274 bits per heavy atom. The molecular weight excluding hydrogens is 1040 g/mol. The van der Waals surface area contributed by atoms with E-state index in [1.165, 1.54) is 302 Å². The number of cyclic esters (lactones) is 2. The van der Waals surface area contributed by atoms with Crippen LogP contribution in [-0.4, -0.2) is 91.2 Å². The van der Waals surface area contributed by atoms with Crippen LogP contribution in [-0.2, 0) is 53.6 Å². The molecule has 1 heterocycles. The van der Waals surface area contributed by atoms with Crippen molar-refractivity contribution >= 4 is 303 Å². The molecule has 6 aliphatic rings. The largest absolute Gasteiger partial charge is 0.462 e. The Bertz CT molecular complexity index is 7030. The van der Waals surface area contributed by atoms with E-state index in [9.17, 15) is 0 Å². The topological polar surface area (TPSA) is 98.8 Å². The molecule has 34 rings (SSSR count). The Kier molecular flexibility index (Phi) is 3.93. The maximum absolute atomic E-state index is 17.4. The second kappa shape index (κ2) is 9.17. The van der Waals surface area contributed by atoms with Gasteiger partial charge in [-0.15, -0.1) is 0 Å². The highest BCUT2D eigenvalue weighted by Crippen LogP contribution is 2.96. The van der Waals surface area contributed by atoms with Crippen molar-refractivity contribution in [1.82, 2.24) is 0 Å². The zero-order valence-electron chi connectivity index (χ0n) is 43.7. The molecule has 0 amide bonds. The molecule has 84 heavy (non-hydrogen) atoms. The normalized spacial score (nSPS) is 22.0. The van der Waals surface area contributed by atoms with Crippen LogP contribution < -0.4 is 0 Å². The van der Waals surface area contributed by atoms with Gasteiger partial charge in [-0.25, -0.2) is 0 Å². The van der Waals surface area contributed by atoms with Crippen LogP contribution in [0, 0.1) is 5.41 Å². The monoisotopic (exact) mass is 1070 g/mol. The lowest BCUT2D eigenvalue weighted by Crippen LogP contribution is -2.39. The first kappa shape index (κ1) is 36.0. The van der Waals surface area contributed by atoms with Gasteiger partial charge in [-0.05, 0) is 313 Å². The summed E-state index contributed by atoms with van der Waals surface area (Å²) < 4.78 is 43.9. The van der Waals surface area contributed by atoms with Crippen molar-refractivity contribution < 1.29 is 42.7 Å². The summed E-state index contributed by atoms with van der Waals surface area (Å²) in [6.45, 7) is 3.54. The molecule has 0 aromatic heterocycles. The van der Waals surface area contributed by atoms with Gasteiger partial charge < -0.3 is 33.2 Å². The van der Waals surface area contributed by atoms with Crippen LogP contribution >= 0.6 is 0 Å². The third-order valence-electron chi connectivity index (χ3n) is 27.4. The van der Waals surface area contributed by atoms with Crippen molar-refractivity contribution in [2.45, 2.75) is 10.8 Å². The minimum absolute atomic E-state index is 0.00875. The number of rotatable bonds is 0. The zero-order valence-corrected chi connectivity index (χ0v) is 43.7. The van der Waals surface area contributed by atoms with Gasteiger partial charge in [0, 0.05) is 0 Å². The third kappa shape index (κ3) is 2.22. The summed E-state index contributed by atoms with van der Waals surface area (Å²) >= 11 is 0. The highest BCUT2D eigenvalue weighted by molar-refractivity contribution is 6.82. The van der Waals surface area contributed by atoms with Crippen LogP contribution in [0.4, 0.5) is 0 Å². The van der Waals surface area contributed by atoms with Crippen LogP contribution in [0.15, 0.2) is 0 Å². The van der Waals surface area contributed by atoms with Crippen LogP contribution in [0.2, 0.25) is 0 Å². The molecule has 28 aromatic carbocycles. The number of hydrogen-bond donors (Lipinski definition) is 0. The van der Waals surface area contributed by atoms with E-state index < -0.39 is 28.2 Å². The summed E-state index contributed by atoms with van der Waals surface area (Å²) in [6.07, 6.45) is 0. The molecule has 28 aromatic rings. The second-order valence-corrected chi connectivity index (χ2v) is 28.3. The molecule has 1 saturated heterocycles. The Labute approximate surface area is 461 Å². The zero-order chi connectivity index (χ0) is 51.6. The van der Waals surface area contributed by atoms with E-state index in [2.05, 4.69) is 0 Å². The standard InChI is InChI=1S/C75H24O9/c76-71-75(72(77)84-12-10-82-8-6-80-4-2-78-1-3-79-5-7-81-9-11-83-71)73-67-59-51-41-31-23-15-13-14-17-21-19(15)27-35-29(21)39-33-25(17)26-18(14)22-20-16(13)24(23)32-38-28(20)36-30(22)40-34(26)44-43(33)53-47(39)57-49(35)55(45(51)37(27)31)63(67)65(57)69-61(53)62-54(44)48(40)58-50(36)56-46(38)52(42(32)41)60(59)68(73)64(56)66(58)70(62)74(69,73)75/h1-12H2. The fourth-order valence-corrected chi connectivity index (χ4v) is 26.8. The molecule has 9 nitrogen and oxygen atoms in total. The van der Waals surface area contributed by atoms with Crippen LogP contribution in [0.1, 0.15) is 22.3 Å². The summed E-state index contributed by atoms with van der Waals surface area (Å²) in [7, 11) is 0. The van der Waals surface area contributed by atoms with Crippen molar-refractivity contribution in [1.29, 1.82) is 0 Å². The van der Waals surface area contributed by atoms with Gasteiger partial charge in [0.15, 0.2) is 5.41 Å². The van der Waals surface area contributed by atoms with E-state index in [1.807, 2.05) is 0 Å². The fraction of sp³-hybridized carbons (Fsp3) is 0.200. The van der Waals surface area contributed by atoms with Gasteiger partial charge in [-0.2, -0.15) is 0 Å². The molecular formula is C75H24O9. The van der Waals surface area contributed by atoms with E-state index in [0.29, 0.717) is 52.9 Å². The van der Waals surface area contributed by atoms with Gasteiger partial charge in [0.05, 0.1) is 76.9 Å². The van der Waals surface area contributed by atoms with Gasteiger partial charge in [-0.3, -0.25) is 9.59 Å². The number of esters is 2. The predicted octanol–water partition coefficient (Wildman–Crippen LogP) is 15.5. The fourth-order valence-electron chi connectivity index (χ4n) is 26.8. The maximum atomic E-state index is 17.4. The van der Waals surface area contributed by atoms with E-state index in [0.717, 1.165) is 0 Å². The lowest BCUT2D eigenvalue weighted by Gasteiger charge is -2.32. The smallest absolute Gasteiger partial charge is 0.326 e. The van der Waals surface area contributed by atoms with Crippen LogP contribution in [0.3, 0.4) is 0 Å². The molecule has 1 saturated carbocycles. The summed E-state index contributed by atoms with van der Waals surface area (Å²) in [5, 5.41) is 78.4. The predicted molar refractivity (Wildman–Crippen MR) is 332 cm³/mol. The third-order valence-corrected chi connectivity index (χ3v) is 27.4. The summed E-state index contributed by atoms with van der Waals surface area (Å²) in [4.78, 5) is 34.8.